The van der Waals surface area contributed by atoms with Crippen LogP contribution in [0.5, 0.6) is 11.5 Å². The molecule has 0 saturated carbocycles. The van der Waals surface area contributed by atoms with Crippen LogP contribution in [0.4, 0.5) is 0 Å². The number of rotatable bonds is 2. The number of hydrogen-bond donors (Lipinski definition) is 4. The second kappa shape index (κ2) is 8.57. The van der Waals surface area contributed by atoms with Crippen LogP contribution in [-0.2, 0) is 37.3 Å². The standard InChI is InChI=1S/C6H6O8S2.Fe.2Na.2H/c7-4-1-3(15(9,10)11)2-5(6(4)8)16(12,13)14;;;;;/h1-2,7-8H,(H,9,10,11)(H,12,13,14);;;;;. The molecule has 8 nitrogen and oxygen atoms in total. The summed E-state index contributed by atoms with van der Waals surface area (Å²) in [5.41, 5.74) is 0. The molecule has 1 rings (SSSR count). The van der Waals surface area contributed by atoms with Gasteiger partial charge in [-0.1, -0.05) is 0 Å². The number of aromatic hydroxyl groups is 2. The molecular weight excluding hydrogens is 366 g/mol. The van der Waals surface area contributed by atoms with Gasteiger partial charge in [0.15, 0.2) is 11.5 Å². The van der Waals surface area contributed by atoms with Crippen LogP contribution >= 0.6 is 0 Å². The summed E-state index contributed by atoms with van der Waals surface area (Å²) in [6.45, 7) is 0. The summed E-state index contributed by atoms with van der Waals surface area (Å²) in [7, 11) is -9.70. The van der Waals surface area contributed by atoms with Gasteiger partial charge in [-0.15, -0.1) is 0 Å². The van der Waals surface area contributed by atoms with Crippen LogP contribution in [-0.4, -0.2) is 95.3 Å². The summed E-state index contributed by atoms with van der Waals surface area (Å²) < 4.78 is 59.9. The van der Waals surface area contributed by atoms with Crippen molar-refractivity contribution in [3.8, 4) is 11.5 Å². The Morgan fingerprint density at radius 1 is 0.842 bits per heavy atom. The molecule has 0 atom stereocenters. The fourth-order valence-electron chi connectivity index (χ4n) is 0.914. The Kier molecular flexibility index (Phi) is 11.3. The van der Waals surface area contributed by atoms with Gasteiger partial charge in [0, 0.05) is 23.1 Å². The zero-order valence-corrected chi connectivity index (χ0v) is 10.5. The predicted octanol–water partition coefficient (Wildman–Crippen LogP) is -1.71. The first-order valence-corrected chi connectivity index (χ1v) is 6.42. The van der Waals surface area contributed by atoms with Crippen LogP contribution in [0, 0.1) is 0 Å². The van der Waals surface area contributed by atoms with Crippen LogP contribution in [0.25, 0.3) is 0 Å². The van der Waals surface area contributed by atoms with Crippen molar-refractivity contribution in [1.29, 1.82) is 0 Å². The van der Waals surface area contributed by atoms with E-state index in [1.165, 1.54) is 0 Å². The van der Waals surface area contributed by atoms with Crippen molar-refractivity contribution in [3.05, 3.63) is 12.1 Å². The average Bonchev–Trinajstić information content (AvgIpc) is 2.05. The quantitative estimate of drug-likeness (QED) is 0.272. The van der Waals surface area contributed by atoms with E-state index in [0.29, 0.717) is 12.1 Å². The summed E-state index contributed by atoms with van der Waals surface area (Å²) in [6.07, 6.45) is 0. The molecule has 13 heteroatoms. The van der Waals surface area contributed by atoms with Gasteiger partial charge in [-0.25, -0.2) is 0 Å². The molecule has 0 aliphatic heterocycles. The van der Waals surface area contributed by atoms with Crippen molar-refractivity contribution >= 4 is 79.4 Å². The molecule has 0 saturated heterocycles. The summed E-state index contributed by atoms with van der Waals surface area (Å²) >= 11 is 0. The van der Waals surface area contributed by atoms with Gasteiger partial charge >= 0.3 is 59.1 Å². The Morgan fingerprint density at radius 3 is 1.58 bits per heavy atom. The third-order valence-corrected chi connectivity index (χ3v) is 3.30. The zero-order valence-electron chi connectivity index (χ0n) is 7.75. The minimum absolute atomic E-state index is 0. The van der Waals surface area contributed by atoms with E-state index in [1.807, 2.05) is 0 Å². The van der Waals surface area contributed by atoms with Crippen LogP contribution in [0.15, 0.2) is 21.9 Å². The molecule has 0 heterocycles. The third kappa shape index (κ3) is 6.63. The topological polar surface area (TPSA) is 149 Å². The molecule has 0 radical (unpaired) electrons. The first-order valence-electron chi connectivity index (χ1n) is 3.54. The van der Waals surface area contributed by atoms with Gasteiger partial charge in [-0.2, -0.15) is 16.8 Å². The van der Waals surface area contributed by atoms with Crippen molar-refractivity contribution in [1.82, 2.24) is 0 Å². The number of benzene rings is 1. The first-order chi connectivity index (χ1) is 7.03. The van der Waals surface area contributed by atoms with Crippen LogP contribution in [0.1, 0.15) is 0 Å². The van der Waals surface area contributed by atoms with E-state index in [-0.39, 0.29) is 76.2 Å². The summed E-state index contributed by atoms with van der Waals surface area (Å²) in [5.74, 6) is -2.32. The SMILES string of the molecule is O=S(=O)(O)c1cc(O)c(O)c(S(=O)(=O)O)c1.[Fe].[NaH].[NaH]. The van der Waals surface area contributed by atoms with Crippen molar-refractivity contribution in [2.75, 3.05) is 0 Å². The normalized spacial score (nSPS) is 10.6. The van der Waals surface area contributed by atoms with Crippen LogP contribution < -0.4 is 0 Å². The van der Waals surface area contributed by atoms with Crippen molar-refractivity contribution < 1.29 is 53.2 Å². The van der Waals surface area contributed by atoms with Gasteiger partial charge in [0.2, 0.25) is 0 Å². The van der Waals surface area contributed by atoms with Crippen molar-refractivity contribution in [3.63, 3.8) is 0 Å². The maximum absolute atomic E-state index is 10.7. The van der Waals surface area contributed by atoms with E-state index in [4.69, 9.17) is 19.3 Å². The van der Waals surface area contributed by atoms with Crippen LogP contribution in [0.3, 0.4) is 0 Å². The molecule has 0 amide bonds. The van der Waals surface area contributed by atoms with Gasteiger partial charge in [-0.3, -0.25) is 9.11 Å². The molecule has 0 aliphatic rings. The van der Waals surface area contributed by atoms with Gasteiger partial charge < -0.3 is 10.2 Å². The fraction of sp³-hybridized carbons (Fsp3) is 0. The molecule has 1 aromatic carbocycles. The molecule has 4 N–H and O–H groups in total. The summed E-state index contributed by atoms with van der Waals surface area (Å²) in [5, 5.41) is 18.1. The van der Waals surface area contributed by atoms with Gasteiger partial charge in [0.25, 0.3) is 20.2 Å². The van der Waals surface area contributed by atoms with Crippen LogP contribution in [0.2, 0.25) is 0 Å². The molecule has 0 aliphatic carbocycles. The van der Waals surface area contributed by atoms with Gasteiger partial charge in [0.05, 0.1) is 4.90 Å². The van der Waals surface area contributed by atoms with E-state index in [0.717, 1.165) is 0 Å². The van der Waals surface area contributed by atoms with Gasteiger partial charge in [-0.05, 0) is 6.07 Å². The Bertz CT molecular complexity index is 641. The predicted molar refractivity (Wildman–Crippen MR) is 63.7 cm³/mol. The molecule has 0 aromatic heterocycles. The number of phenols is 2. The first kappa shape index (κ1) is 25.1. The van der Waals surface area contributed by atoms with E-state index >= 15 is 0 Å². The minimum atomic E-state index is -4.92. The fourth-order valence-corrected chi connectivity index (χ4v) is 2.14. The molecule has 102 valence electrons. The third-order valence-electron chi connectivity index (χ3n) is 1.60. The number of phenolic OH excluding ortho intramolecular Hbond substituents is 2. The Labute approximate surface area is 164 Å². The molecule has 0 fully saturated rings. The monoisotopic (exact) mass is 374 g/mol. The molecule has 0 spiro atoms. The molecular formula is C6H8FeNa2O8S2. The summed E-state index contributed by atoms with van der Waals surface area (Å²) in [6, 6.07) is 0.735. The van der Waals surface area contributed by atoms with E-state index in [1.54, 1.807) is 0 Å². The van der Waals surface area contributed by atoms with E-state index in [2.05, 4.69) is 0 Å². The zero-order chi connectivity index (χ0) is 12.7. The molecule has 0 bridgehead atoms. The molecule has 1 aromatic rings. The Morgan fingerprint density at radius 2 is 1.26 bits per heavy atom. The van der Waals surface area contributed by atoms with E-state index < -0.39 is 41.5 Å². The molecule has 0 unspecified atom stereocenters. The summed E-state index contributed by atoms with van der Waals surface area (Å²) in [4.78, 5) is -2.20. The Hall–Kier alpha value is 1.16. The second-order valence-electron chi connectivity index (χ2n) is 2.74. The number of hydrogen-bond acceptors (Lipinski definition) is 6. The van der Waals surface area contributed by atoms with Crippen molar-refractivity contribution in [2.24, 2.45) is 0 Å². The second-order valence-corrected chi connectivity index (χ2v) is 5.55. The molecule has 19 heavy (non-hydrogen) atoms. The average molecular weight is 374 g/mol. The Balaban J connectivity index is -0.000000853. The maximum atomic E-state index is 10.7. The van der Waals surface area contributed by atoms with Crippen molar-refractivity contribution in [2.45, 2.75) is 9.79 Å². The van der Waals surface area contributed by atoms with E-state index in [9.17, 15) is 16.8 Å². The van der Waals surface area contributed by atoms with Gasteiger partial charge in [0.1, 0.15) is 4.90 Å².